The number of morpholine rings is 1. The molecule has 1 amide bonds. The van der Waals surface area contributed by atoms with Crippen molar-refractivity contribution in [2.75, 3.05) is 19.7 Å². The van der Waals surface area contributed by atoms with E-state index in [0.29, 0.717) is 35.4 Å². The second-order valence-corrected chi connectivity index (χ2v) is 6.60. The third-order valence-corrected chi connectivity index (χ3v) is 4.92. The Hall–Kier alpha value is -1.56. The molecular formula is C17H19Cl2N3O2. The maximum Gasteiger partial charge on any atom is 0.272 e. The lowest BCUT2D eigenvalue weighted by atomic mass is 10.1. The zero-order chi connectivity index (χ0) is 17.3. The molecule has 24 heavy (non-hydrogen) atoms. The summed E-state index contributed by atoms with van der Waals surface area (Å²) in [6, 6.07) is 7.28. The fourth-order valence-corrected chi connectivity index (χ4v) is 3.12. The number of nitrogens with zero attached hydrogens (tertiary/aromatic N) is 3. The third-order valence-electron chi connectivity index (χ3n) is 4.18. The average molecular weight is 368 g/mol. The largest absolute Gasteiger partial charge is 0.370 e. The smallest absolute Gasteiger partial charge is 0.272 e. The first kappa shape index (κ1) is 17.3. The summed E-state index contributed by atoms with van der Waals surface area (Å²) in [6.07, 6.45) is 0.590. The van der Waals surface area contributed by atoms with Crippen LogP contribution < -0.4 is 0 Å². The number of amides is 1. The van der Waals surface area contributed by atoms with Gasteiger partial charge in [0.25, 0.3) is 5.91 Å². The van der Waals surface area contributed by atoms with E-state index in [1.165, 1.54) is 0 Å². The SMILES string of the molecule is CCc1cc(C(=O)N2CCOC(c3ccc(Cl)c(Cl)c3)C2)n(C)n1. The molecule has 0 radical (unpaired) electrons. The summed E-state index contributed by atoms with van der Waals surface area (Å²) < 4.78 is 7.46. The van der Waals surface area contributed by atoms with E-state index in [0.717, 1.165) is 17.7 Å². The number of carbonyl (C=O) groups is 1. The molecule has 0 spiro atoms. The van der Waals surface area contributed by atoms with Crippen LogP contribution in [0.3, 0.4) is 0 Å². The Labute approximate surface area is 151 Å². The number of carbonyl (C=O) groups excluding carboxylic acids is 1. The number of halogens is 2. The van der Waals surface area contributed by atoms with Crippen molar-refractivity contribution in [3.05, 3.63) is 51.3 Å². The molecule has 5 nitrogen and oxygen atoms in total. The molecule has 1 atom stereocenters. The molecule has 2 heterocycles. The van der Waals surface area contributed by atoms with Crippen LogP contribution in [0, 0.1) is 0 Å². The zero-order valence-corrected chi connectivity index (χ0v) is 15.1. The van der Waals surface area contributed by atoms with Crippen LogP contribution in [0.5, 0.6) is 0 Å². The van der Waals surface area contributed by atoms with Gasteiger partial charge in [-0.05, 0) is 30.2 Å². The first-order valence-corrected chi connectivity index (χ1v) is 8.64. The molecule has 1 saturated heterocycles. The second-order valence-electron chi connectivity index (χ2n) is 5.78. The third kappa shape index (κ3) is 3.43. The van der Waals surface area contributed by atoms with E-state index in [1.807, 2.05) is 19.1 Å². The van der Waals surface area contributed by atoms with E-state index in [9.17, 15) is 4.79 Å². The highest BCUT2D eigenvalue weighted by molar-refractivity contribution is 6.42. The van der Waals surface area contributed by atoms with Gasteiger partial charge in [-0.3, -0.25) is 9.48 Å². The maximum absolute atomic E-state index is 12.8. The van der Waals surface area contributed by atoms with Crippen molar-refractivity contribution in [2.45, 2.75) is 19.4 Å². The normalized spacial score (nSPS) is 18.0. The van der Waals surface area contributed by atoms with Crippen LogP contribution >= 0.6 is 23.2 Å². The van der Waals surface area contributed by atoms with Gasteiger partial charge < -0.3 is 9.64 Å². The van der Waals surface area contributed by atoms with Crippen molar-refractivity contribution >= 4 is 29.1 Å². The molecule has 0 N–H and O–H groups in total. The average Bonchev–Trinajstić information content (AvgIpc) is 2.98. The van der Waals surface area contributed by atoms with Crippen LogP contribution in [0.1, 0.15) is 34.8 Å². The molecule has 1 aromatic carbocycles. The Morgan fingerprint density at radius 1 is 1.33 bits per heavy atom. The highest BCUT2D eigenvalue weighted by atomic mass is 35.5. The minimum absolute atomic E-state index is 0.0296. The number of hydrogen-bond acceptors (Lipinski definition) is 3. The molecule has 1 aliphatic rings. The van der Waals surface area contributed by atoms with Gasteiger partial charge in [-0.15, -0.1) is 0 Å². The molecule has 0 bridgehead atoms. The van der Waals surface area contributed by atoms with Gasteiger partial charge in [-0.1, -0.05) is 36.2 Å². The number of rotatable bonds is 3. The first-order chi connectivity index (χ1) is 11.5. The number of aryl methyl sites for hydroxylation is 2. The van der Waals surface area contributed by atoms with E-state index in [2.05, 4.69) is 5.10 Å². The highest BCUT2D eigenvalue weighted by Gasteiger charge is 2.28. The molecule has 3 rings (SSSR count). The van der Waals surface area contributed by atoms with Crippen molar-refractivity contribution in [1.29, 1.82) is 0 Å². The fraction of sp³-hybridized carbons (Fsp3) is 0.412. The van der Waals surface area contributed by atoms with Crippen LogP contribution in [0.25, 0.3) is 0 Å². The summed E-state index contributed by atoms with van der Waals surface area (Å²) in [7, 11) is 1.79. The van der Waals surface area contributed by atoms with Gasteiger partial charge in [0.15, 0.2) is 0 Å². The van der Waals surface area contributed by atoms with Crippen LogP contribution in [0.2, 0.25) is 10.0 Å². The Morgan fingerprint density at radius 3 is 2.79 bits per heavy atom. The first-order valence-electron chi connectivity index (χ1n) is 7.88. The lowest BCUT2D eigenvalue weighted by molar-refractivity contribution is -0.0231. The summed E-state index contributed by atoms with van der Waals surface area (Å²) in [4.78, 5) is 14.6. The molecule has 1 unspecified atom stereocenters. The highest BCUT2D eigenvalue weighted by Crippen LogP contribution is 2.29. The minimum Gasteiger partial charge on any atom is -0.370 e. The summed E-state index contributed by atoms with van der Waals surface area (Å²) in [5.74, 6) is -0.0296. The Bertz CT molecular complexity index is 760. The molecule has 0 aliphatic carbocycles. The van der Waals surface area contributed by atoms with Crippen molar-refractivity contribution in [1.82, 2.24) is 14.7 Å². The Balaban J connectivity index is 1.78. The van der Waals surface area contributed by atoms with Gasteiger partial charge in [-0.25, -0.2) is 0 Å². The molecule has 1 aliphatic heterocycles. The predicted octanol–water partition coefficient (Wildman–Crippen LogP) is 3.50. The van der Waals surface area contributed by atoms with Crippen molar-refractivity contribution in [2.24, 2.45) is 7.05 Å². The van der Waals surface area contributed by atoms with Crippen LogP contribution in [-0.2, 0) is 18.2 Å². The lowest BCUT2D eigenvalue weighted by Gasteiger charge is -2.33. The summed E-state index contributed by atoms with van der Waals surface area (Å²) >= 11 is 12.1. The van der Waals surface area contributed by atoms with Gasteiger partial charge in [-0.2, -0.15) is 5.10 Å². The van der Waals surface area contributed by atoms with E-state index < -0.39 is 0 Å². The molecule has 2 aromatic rings. The Morgan fingerprint density at radius 2 is 2.12 bits per heavy atom. The summed E-state index contributed by atoms with van der Waals surface area (Å²) in [6.45, 7) is 3.54. The lowest BCUT2D eigenvalue weighted by Crippen LogP contribution is -2.42. The number of hydrogen-bond donors (Lipinski definition) is 0. The van der Waals surface area contributed by atoms with Crippen LogP contribution in [0.15, 0.2) is 24.3 Å². The van der Waals surface area contributed by atoms with Crippen LogP contribution in [0.4, 0.5) is 0 Å². The van der Waals surface area contributed by atoms with Crippen molar-refractivity contribution in [3.63, 3.8) is 0 Å². The minimum atomic E-state index is -0.212. The number of aromatic nitrogens is 2. The van der Waals surface area contributed by atoms with E-state index in [-0.39, 0.29) is 12.0 Å². The maximum atomic E-state index is 12.8. The second kappa shape index (κ2) is 7.13. The molecular weight excluding hydrogens is 349 g/mol. The van der Waals surface area contributed by atoms with Crippen molar-refractivity contribution < 1.29 is 9.53 Å². The standard InChI is InChI=1S/C17H19Cl2N3O2/c1-3-12-9-15(21(2)20-12)17(23)22-6-7-24-16(10-22)11-4-5-13(18)14(19)8-11/h4-5,8-9,16H,3,6-7,10H2,1-2H3. The number of benzene rings is 1. The van der Waals surface area contributed by atoms with Gasteiger partial charge in [0.05, 0.1) is 28.9 Å². The van der Waals surface area contributed by atoms with E-state index in [1.54, 1.807) is 28.8 Å². The number of ether oxygens (including phenoxy) is 1. The molecule has 128 valence electrons. The molecule has 7 heteroatoms. The van der Waals surface area contributed by atoms with E-state index in [4.69, 9.17) is 27.9 Å². The van der Waals surface area contributed by atoms with E-state index >= 15 is 0 Å². The molecule has 1 aromatic heterocycles. The van der Waals surface area contributed by atoms with Gasteiger partial charge in [0.2, 0.25) is 0 Å². The Kier molecular flexibility index (Phi) is 5.13. The van der Waals surface area contributed by atoms with Gasteiger partial charge in [0.1, 0.15) is 11.8 Å². The van der Waals surface area contributed by atoms with Gasteiger partial charge >= 0.3 is 0 Å². The zero-order valence-electron chi connectivity index (χ0n) is 13.6. The topological polar surface area (TPSA) is 47.4 Å². The van der Waals surface area contributed by atoms with Crippen molar-refractivity contribution in [3.8, 4) is 0 Å². The van der Waals surface area contributed by atoms with Gasteiger partial charge in [0, 0.05) is 13.6 Å². The summed E-state index contributed by atoms with van der Waals surface area (Å²) in [5, 5.41) is 5.34. The molecule has 0 saturated carbocycles. The van der Waals surface area contributed by atoms with Crippen LogP contribution in [-0.4, -0.2) is 40.3 Å². The monoisotopic (exact) mass is 367 g/mol. The summed E-state index contributed by atoms with van der Waals surface area (Å²) in [5.41, 5.74) is 2.43. The molecule has 1 fully saturated rings. The quantitative estimate of drug-likeness (QED) is 0.833. The fourth-order valence-electron chi connectivity index (χ4n) is 2.81. The predicted molar refractivity (Wildman–Crippen MR) is 93.6 cm³/mol.